The maximum atomic E-state index is 11.6. The molecule has 0 aliphatic carbocycles. The molecule has 1 unspecified atom stereocenters. The number of methoxy groups -OCH3 is 1. The lowest BCUT2D eigenvalue weighted by molar-refractivity contribution is 0.0508. The lowest BCUT2D eigenvalue weighted by atomic mass is 10.1. The van der Waals surface area contributed by atoms with Crippen molar-refractivity contribution in [1.29, 1.82) is 0 Å². The Morgan fingerprint density at radius 3 is 2.53 bits per heavy atom. The van der Waals surface area contributed by atoms with Gasteiger partial charge in [0, 0.05) is 6.04 Å². The first-order chi connectivity index (χ1) is 8.81. The summed E-state index contributed by atoms with van der Waals surface area (Å²) in [5.74, 6) is 0.834. The van der Waals surface area contributed by atoms with Gasteiger partial charge in [-0.2, -0.15) is 0 Å². The average Bonchev–Trinajstić information content (AvgIpc) is 2.26. The Morgan fingerprint density at radius 2 is 1.95 bits per heavy atom. The average molecular weight is 265 g/mol. The predicted molar refractivity (Wildman–Crippen MR) is 75.5 cm³/mol. The van der Waals surface area contributed by atoms with E-state index in [1.165, 1.54) is 0 Å². The van der Waals surface area contributed by atoms with Crippen LogP contribution in [0.2, 0.25) is 0 Å². The molecule has 0 aliphatic rings. The zero-order chi connectivity index (χ0) is 14.5. The second-order valence-electron chi connectivity index (χ2n) is 5.56. The number of alkyl carbamates (subject to hydrolysis) is 1. The highest BCUT2D eigenvalue weighted by atomic mass is 16.6. The van der Waals surface area contributed by atoms with E-state index in [0.717, 1.165) is 11.3 Å². The summed E-state index contributed by atoms with van der Waals surface area (Å²) in [6.45, 7) is 7.47. The van der Waals surface area contributed by atoms with Crippen LogP contribution in [0.1, 0.15) is 33.3 Å². The molecular weight excluding hydrogens is 242 g/mol. The molecule has 0 saturated carbocycles. The van der Waals surface area contributed by atoms with Crippen molar-refractivity contribution < 1.29 is 14.3 Å². The van der Waals surface area contributed by atoms with Crippen LogP contribution in [-0.2, 0) is 11.2 Å². The SMILES string of the molecule is COc1ccccc1CC(C)NC(=O)OC(C)(C)C. The summed E-state index contributed by atoms with van der Waals surface area (Å²) >= 11 is 0. The number of carbonyl (C=O) groups excluding carboxylic acids is 1. The van der Waals surface area contributed by atoms with Crippen LogP contribution >= 0.6 is 0 Å². The summed E-state index contributed by atoms with van der Waals surface area (Å²) < 4.78 is 10.5. The number of hydrogen-bond acceptors (Lipinski definition) is 3. The number of nitrogens with one attached hydrogen (secondary N) is 1. The molecule has 0 saturated heterocycles. The van der Waals surface area contributed by atoms with E-state index < -0.39 is 11.7 Å². The zero-order valence-electron chi connectivity index (χ0n) is 12.3. The maximum absolute atomic E-state index is 11.6. The first kappa shape index (κ1) is 15.3. The van der Waals surface area contributed by atoms with E-state index >= 15 is 0 Å². The number of carbonyl (C=O) groups is 1. The molecule has 0 aliphatic heterocycles. The number of benzene rings is 1. The largest absolute Gasteiger partial charge is 0.496 e. The van der Waals surface area contributed by atoms with E-state index in [-0.39, 0.29) is 6.04 Å². The number of ether oxygens (including phenoxy) is 2. The summed E-state index contributed by atoms with van der Waals surface area (Å²) in [6.07, 6.45) is 0.304. The van der Waals surface area contributed by atoms with Crippen molar-refractivity contribution in [1.82, 2.24) is 5.32 Å². The first-order valence-corrected chi connectivity index (χ1v) is 6.43. The van der Waals surface area contributed by atoms with Gasteiger partial charge in [0.05, 0.1) is 7.11 Å². The van der Waals surface area contributed by atoms with Crippen molar-refractivity contribution in [3.8, 4) is 5.75 Å². The monoisotopic (exact) mass is 265 g/mol. The molecule has 1 amide bonds. The molecule has 0 bridgehead atoms. The van der Waals surface area contributed by atoms with E-state index in [0.29, 0.717) is 6.42 Å². The van der Waals surface area contributed by atoms with Gasteiger partial charge < -0.3 is 14.8 Å². The Balaban J connectivity index is 2.55. The van der Waals surface area contributed by atoms with Gasteiger partial charge in [-0.1, -0.05) is 18.2 Å². The van der Waals surface area contributed by atoms with Crippen molar-refractivity contribution >= 4 is 6.09 Å². The topological polar surface area (TPSA) is 47.6 Å². The Morgan fingerprint density at radius 1 is 1.32 bits per heavy atom. The summed E-state index contributed by atoms with van der Waals surface area (Å²) in [5, 5.41) is 2.82. The van der Waals surface area contributed by atoms with Crippen molar-refractivity contribution in [3.05, 3.63) is 29.8 Å². The van der Waals surface area contributed by atoms with E-state index in [4.69, 9.17) is 9.47 Å². The molecule has 0 heterocycles. The molecule has 0 spiro atoms. The highest BCUT2D eigenvalue weighted by Gasteiger charge is 2.18. The van der Waals surface area contributed by atoms with Crippen molar-refractivity contribution in [3.63, 3.8) is 0 Å². The van der Waals surface area contributed by atoms with Crippen LogP contribution < -0.4 is 10.1 Å². The minimum Gasteiger partial charge on any atom is -0.496 e. The third kappa shape index (κ3) is 5.64. The fraction of sp³-hybridized carbons (Fsp3) is 0.533. The molecule has 4 heteroatoms. The summed E-state index contributed by atoms with van der Waals surface area (Å²) in [5.41, 5.74) is 0.586. The lowest BCUT2D eigenvalue weighted by Crippen LogP contribution is -2.38. The molecule has 4 nitrogen and oxygen atoms in total. The van der Waals surface area contributed by atoms with E-state index in [1.54, 1.807) is 7.11 Å². The van der Waals surface area contributed by atoms with Crippen LogP contribution in [0.4, 0.5) is 4.79 Å². The van der Waals surface area contributed by atoms with E-state index in [2.05, 4.69) is 5.32 Å². The van der Waals surface area contributed by atoms with Gasteiger partial charge in [0.1, 0.15) is 11.4 Å². The number of hydrogen-bond donors (Lipinski definition) is 1. The third-order valence-corrected chi connectivity index (χ3v) is 2.48. The molecule has 1 rings (SSSR count). The van der Waals surface area contributed by atoms with Gasteiger partial charge in [-0.3, -0.25) is 0 Å². The normalized spacial score (nSPS) is 12.7. The van der Waals surface area contributed by atoms with Gasteiger partial charge in [0.2, 0.25) is 0 Å². The van der Waals surface area contributed by atoms with Crippen LogP contribution in [0.15, 0.2) is 24.3 Å². The quantitative estimate of drug-likeness (QED) is 0.909. The molecule has 1 aromatic rings. The van der Waals surface area contributed by atoms with Crippen LogP contribution in [-0.4, -0.2) is 24.8 Å². The van der Waals surface area contributed by atoms with Crippen LogP contribution in [0.5, 0.6) is 5.75 Å². The van der Waals surface area contributed by atoms with Crippen molar-refractivity contribution in [2.75, 3.05) is 7.11 Å². The number of rotatable bonds is 4. The summed E-state index contributed by atoms with van der Waals surface area (Å²) in [6, 6.07) is 7.76. The molecule has 106 valence electrons. The highest BCUT2D eigenvalue weighted by molar-refractivity contribution is 5.68. The molecule has 0 radical (unpaired) electrons. The Hall–Kier alpha value is -1.71. The highest BCUT2D eigenvalue weighted by Crippen LogP contribution is 2.19. The molecule has 1 aromatic carbocycles. The van der Waals surface area contributed by atoms with Gasteiger partial charge in [-0.25, -0.2) is 4.79 Å². The van der Waals surface area contributed by atoms with Gasteiger partial charge in [0.25, 0.3) is 0 Å². The van der Waals surface area contributed by atoms with Crippen LogP contribution in [0.25, 0.3) is 0 Å². The van der Waals surface area contributed by atoms with Gasteiger partial charge in [-0.05, 0) is 45.7 Å². The number of amides is 1. The van der Waals surface area contributed by atoms with Crippen LogP contribution in [0, 0.1) is 0 Å². The maximum Gasteiger partial charge on any atom is 0.407 e. The minimum atomic E-state index is -0.478. The zero-order valence-corrected chi connectivity index (χ0v) is 12.3. The fourth-order valence-electron chi connectivity index (χ4n) is 1.76. The third-order valence-electron chi connectivity index (χ3n) is 2.48. The molecular formula is C15H23NO3. The second-order valence-corrected chi connectivity index (χ2v) is 5.56. The van der Waals surface area contributed by atoms with Crippen molar-refractivity contribution in [2.24, 2.45) is 0 Å². The van der Waals surface area contributed by atoms with Crippen LogP contribution in [0.3, 0.4) is 0 Å². The lowest BCUT2D eigenvalue weighted by Gasteiger charge is -2.22. The summed E-state index contributed by atoms with van der Waals surface area (Å²) in [4.78, 5) is 11.6. The standard InChI is InChI=1S/C15H23NO3/c1-11(16-14(17)19-15(2,3)4)10-12-8-6-7-9-13(12)18-5/h6-9,11H,10H2,1-5H3,(H,16,17). The Kier molecular flexibility index (Phi) is 5.21. The smallest absolute Gasteiger partial charge is 0.407 e. The number of para-hydroxylation sites is 1. The van der Waals surface area contributed by atoms with Crippen molar-refractivity contribution in [2.45, 2.75) is 45.8 Å². The molecule has 0 aromatic heterocycles. The summed E-state index contributed by atoms with van der Waals surface area (Å²) in [7, 11) is 1.64. The predicted octanol–water partition coefficient (Wildman–Crippen LogP) is 3.15. The second kappa shape index (κ2) is 6.45. The Labute approximate surface area is 115 Å². The van der Waals surface area contributed by atoms with Gasteiger partial charge in [0.15, 0.2) is 0 Å². The van der Waals surface area contributed by atoms with Gasteiger partial charge >= 0.3 is 6.09 Å². The van der Waals surface area contributed by atoms with E-state index in [9.17, 15) is 4.79 Å². The molecule has 0 fully saturated rings. The molecule has 1 atom stereocenters. The first-order valence-electron chi connectivity index (χ1n) is 6.43. The Bertz CT molecular complexity index is 424. The molecule has 1 N–H and O–H groups in total. The fourth-order valence-corrected chi connectivity index (χ4v) is 1.76. The minimum absolute atomic E-state index is 0.0221. The molecule has 19 heavy (non-hydrogen) atoms. The van der Waals surface area contributed by atoms with E-state index in [1.807, 2.05) is 52.0 Å². The van der Waals surface area contributed by atoms with Gasteiger partial charge in [-0.15, -0.1) is 0 Å².